The van der Waals surface area contributed by atoms with E-state index in [0.29, 0.717) is 5.56 Å². The van der Waals surface area contributed by atoms with Gasteiger partial charge in [0.15, 0.2) is 0 Å². The lowest BCUT2D eigenvalue weighted by Gasteiger charge is -2.52. The van der Waals surface area contributed by atoms with Gasteiger partial charge in [-0.3, -0.25) is 24.5 Å². The van der Waals surface area contributed by atoms with Crippen molar-refractivity contribution < 1.29 is 28.0 Å². The van der Waals surface area contributed by atoms with Crippen molar-refractivity contribution in [2.24, 2.45) is 0 Å². The summed E-state index contributed by atoms with van der Waals surface area (Å²) in [4.78, 5) is 50.6. The molecule has 2 aliphatic rings. The second-order valence-corrected chi connectivity index (χ2v) is 9.14. The van der Waals surface area contributed by atoms with Crippen molar-refractivity contribution in [3.05, 3.63) is 69.7 Å². The number of hydrogen-bond acceptors (Lipinski definition) is 4. The molecule has 0 bridgehead atoms. The molecule has 2 aromatic carbocycles. The van der Waals surface area contributed by atoms with E-state index in [1.54, 1.807) is 0 Å². The van der Waals surface area contributed by atoms with Gasteiger partial charge in [-0.1, -0.05) is 41.1 Å². The topological polar surface area (TPSA) is 95.6 Å². The monoisotopic (exact) mass is 501 g/mol. The van der Waals surface area contributed by atoms with Crippen LogP contribution in [0, 0.1) is 0 Å². The molecule has 4 amide bonds. The van der Waals surface area contributed by atoms with Crippen LogP contribution in [0.15, 0.2) is 42.5 Å². The number of benzene rings is 2. The lowest BCUT2D eigenvalue weighted by molar-refractivity contribution is -0.147. The van der Waals surface area contributed by atoms with Crippen molar-refractivity contribution >= 4 is 66.6 Å². The van der Waals surface area contributed by atoms with Crippen molar-refractivity contribution in [2.45, 2.75) is 35.5 Å². The summed E-state index contributed by atoms with van der Waals surface area (Å²) >= 11 is 5.71. The third kappa shape index (κ3) is 4.13. The molecule has 2 heterocycles. The quantitative estimate of drug-likeness (QED) is 0.467. The van der Waals surface area contributed by atoms with Crippen molar-refractivity contribution in [2.75, 3.05) is 0 Å². The summed E-state index contributed by atoms with van der Waals surface area (Å²) in [6.45, 7) is -0.238. The van der Waals surface area contributed by atoms with Crippen LogP contribution in [-0.4, -0.2) is 65.4 Å². The molecule has 0 aliphatic carbocycles. The molecule has 2 aliphatic heterocycles. The second-order valence-electron chi connectivity index (χ2n) is 8.70. The molecule has 0 saturated carbocycles. The van der Waals surface area contributed by atoms with Gasteiger partial charge < -0.3 is 10.2 Å². The van der Waals surface area contributed by atoms with Crippen LogP contribution in [0.25, 0.3) is 0 Å². The first kappa shape index (κ1) is 26.0. The lowest BCUT2D eigenvalue weighted by atomic mass is 9.36. The van der Waals surface area contributed by atoms with E-state index in [2.05, 4.69) is 5.32 Å². The molecule has 1 fully saturated rings. The highest BCUT2D eigenvalue weighted by atomic mass is 35.5. The summed E-state index contributed by atoms with van der Waals surface area (Å²) < 4.78 is 29.2. The zero-order valence-electron chi connectivity index (χ0n) is 18.6. The van der Waals surface area contributed by atoms with Crippen LogP contribution in [0.3, 0.4) is 0 Å². The molecule has 7 nitrogen and oxygen atoms in total. The van der Waals surface area contributed by atoms with E-state index in [1.807, 2.05) is 5.32 Å². The fourth-order valence-electron chi connectivity index (χ4n) is 4.18. The highest BCUT2D eigenvalue weighted by molar-refractivity contribution is 6.52. The Bertz CT molecular complexity index is 1290. The van der Waals surface area contributed by atoms with E-state index in [0.717, 1.165) is 17.0 Å². The van der Waals surface area contributed by atoms with Gasteiger partial charge in [-0.05, 0) is 29.3 Å². The number of rotatable bonds is 5. The number of imide groups is 1. The third-order valence-corrected chi connectivity index (χ3v) is 6.51. The standard InChI is InChI=1S/C22H14B4ClF2N3O4/c23-16(31-18(35)21(28,29)12-2-4-13(27)5-3-12)10-1-6-14-11(7-10)9-32(17(14)34)22(26)19(36)30-15(33)8-20(22,24)25/h1-7,16H,8-9H2,(H,31,35)(H,30,33,36). The number of halogens is 3. The number of alkyl halides is 2. The van der Waals surface area contributed by atoms with Gasteiger partial charge >= 0.3 is 5.92 Å². The predicted octanol–water partition coefficient (Wildman–Crippen LogP) is 0.736. The molecular formula is C22H14B4ClF2N3O4. The van der Waals surface area contributed by atoms with E-state index in [9.17, 15) is 28.0 Å². The highest BCUT2D eigenvalue weighted by Crippen LogP contribution is 2.44. The fraction of sp³-hybridized carbons (Fsp3) is 0.273. The first-order valence-corrected chi connectivity index (χ1v) is 10.9. The summed E-state index contributed by atoms with van der Waals surface area (Å²) in [6.07, 6.45) is -0.515. The van der Waals surface area contributed by atoms with Gasteiger partial charge in [-0.25, -0.2) is 0 Å². The largest absolute Gasteiger partial charge is 0.352 e. The van der Waals surface area contributed by atoms with Gasteiger partial charge in [0.2, 0.25) is 11.8 Å². The number of nitrogens with one attached hydrogen (secondary N) is 2. The van der Waals surface area contributed by atoms with Gasteiger partial charge in [-0.15, -0.1) is 0 Å². The maximum absolute atomic E-state index is 14.6. The van der Waals surface area contributed by atoms with Crippen LogP contribution in [0.5, 0.6) is 0 Å². The highest BCUT2D eigenvalue weighted by Gasteiger charge is 2.56. The number of carbonyl (C=O) groups excluding carboxylic acids is 4. The average molecular weight is 501 g/mol. The van der Waals surface area contributed by atoms with Gasteiger partial charge in [0.05, 0.1) is 21.1 Å². The summed E-state index contributed by atoms with van der Waals surface area (Å²) in [5, 5.41) is 2.24. The van der Waals surface area contributed by atoms with E-state index >= 15 is 0 Å². The smallest absolute Gasteiger partial charge is 0.349 e. The Kier molecular flexibility index (Phi) is 6.35. The Balaban J connectivity index is 1.55. The number of fused-ring (bicyclic) bond motifs is 1. The maximum atomic E-state index is 14.6. The molecule has 4 rings (SSSR count). The number of hydrogen-bond donors (Lipinski definition) is 2. The minimum atomic E-state index is -3.89. The van der Waals surface area contributed by atoms with Gasteiger partial charge in [0, 0.05) is 35.1 Å². The first-order valence-electron chi connectivity index (χ1n) is 10.5. The zero-order chi connectivity index (χ0) is 26.6. The third-order valence-electron chi connectivity index (χ3n) is 6.26. The Labute approximate surface area is 215 Å². The summed E-state index contributed by atoms with van der Waals surface area (Å²) in [5.41, 5.74) is -2.17. The second kappa shape index (κ2) is 8.80. The van der Waals surface area contributed by atoms with E-state index in [1.165, 1.54) is 30.3 Å². The summed E-state index contributed by atoms with van der Waals surface area (Å²) in [5.74, 6) is -9.37. The first-order chi connectivity index (χ1) is 16.7. The molecule has 2 aromatic rings. The molecule has 174 valence electrons. The fourth-order valence-corrected chi connectivity index (χ4v) is 4.30. The Morgan fingerprint density at radius 2 is 1.75 bits per heavy atom. The molecule has 0 aromatic heterocycles. The van der Waals surface area contributed by atoms with Crippen molar-refractivity contribution in [1.82, 2.24) is 15.5 Å². The van der Waals surface area contributed by atoms with Crippen LogP contribution >= 0.6 is 11.6 Å². The Morgan fingerprint density at radius 3 is 2.36 bits per heavy atom. The zero-order valence-corrected chi connectivity index (χ0v) is 19.3. The van der Waals surface area contributed by atoms with E-state index in [4.69, 9.17) is 43.0 Å². The summed E-state index contributed by atoms with van der Waals surface area (Å²) in [6, 6.07) is 8.61. The van der Waals surface area contributed by atoms with Crippen molar-refractivity contribution in [3.8, 4) is 0 Å². The number of carbonyl (C=O) groups is 4. The minimum absolute atomic E-state index is 0.133. The lowest BCUT2D eigenvalue weighted by Crippen LogP contribution is -2.70. The van der Waals surface area contributed by atoms with Crippen LogP contribution in [-0.2, 0) is 26.9 Å². The predicted molar refractivity (Wildman–Crippen MR) is 129 cm³/mol. The summed E-state index contributed by atoms with van der Waals surface area (Å²) in [7, 11) is 24.1. The Morgan fingerprint density at radius 1 is 1.11 bits per heavy atom. The van der Waals surface area contributed by atoms with Crippen molar-refractivity contribution in [3.63, 3.8) is 0 Å². The van der Waals surface area contributed by atoms with E-state index < -0.39 is 58.1 Å². The number of amides is 4. The number of piperidine rings is 1. The molecule has 2 N–H and O–H groups in total. The molecule has 1 saturated heterocycles. The minimum Gasteiger partial charge on any atom is -0.352 e. The van der Waals surface area contributed by atoms with Gasteiger partial charge in [-0.2, -0.15) is 8.78 Å². The molecule has 8 radical (unpaired) electrons. The number of nitrogens with zero attached hydrogens (tertiary/aromatic N) is 1. The van der Waals surface area contributed by atoms with Crippen LogP contribution in [0.2, 0.25) is 10.2 Å². The molecule has 14 heteroatoms. The van der Waals surface area contributed by atoms with Crippen LogP contribution in [0.4, 0.5) is 8.78 Å². The SMILES string of the molecule is [B]C(NC(=O)C(F)(F)c1ccc(Cl)cc1)c1ccc2c(c1)CN(C1([B])C(=O)NC(=O)CC1([B])[B])C2=O. The molecule has 2 unspecified atom stereocenters. The van der Waals surface area contributed by atoms with E-state index in [-0.39, 0.29) is 22.7 Å². The van der Waals surface area contributed by atoms with Crippen LogP contribution < -0.4 is 10.6 Å². The normalized spacial score (nSPS) is 22.1. The molecule has 2 atom stereocenters. The maximum Gasteiger partial charge on any atom is 0.349 e. The molecular weight excluding hydrogens is 487 g/mol. The average Bonchev–Trinajstić information content (AvgIpc) is 3.13. The molecule has 36 heavy (non-hydrogen) atoms. The van der Waals surface area contributed by atoms with Gasteiger partial charge in [0.25, 0.3) is 11.8 Å². The Hall–Kier alpha value is -3.07. The molecule has 0 spiro atoms. The van der Waals surface area contributed by atoms with Gasteiger partial charge in [0.1, 0.15) is 15.7 Å². The van der Waals surface area contributed by atoms with Crippen molar-refractivity contribution in [1.29, 1.82) is 0 Å². The van der Waals surface area contributed by atoms with Crippen LogP contribution in [0.1, 0.15) is 39.4 Å².